The van der Waals surface area contributed by atoms with Crippen molar-refractivity contribution in [3.63, 3.8) is 0 Å². The molecule has 9 nitrogen and oxygen atoms in total. The van der Waals surface area contributed by atoms with Crippen LogP contribution in [0, 0.1) is 23.7 Å². The first-order valence-electron chi connectivity index (χ1n) is 14.2. The third kappa shape index (κ3) is 5.46. The van der Waals surface area contributed by atoms with E-state index in [9.17, 15) is 14.0 Å². The van der Waals surface area contributed by atoms with Crippen LogP contribution in [0.1, 0.15) is 62.0 Å². The van der Waals surface area contributed by atoms with E-state index in [0.717, 1.165) is 16.7 Å². The van der Waals surface area contributed by atoms with Gasteiger partial charge in [0.25, 0.3) is 6.43 Å². The molecule has 12 heteroatoms. The van der Waals surface area contributed by atoms with E-state index in [1.54, 1.807) is 24.5 Å². The second-order valence-corrected chi connectivity index (χ2v) is 12.8. The van der Waals surface area contributed by atoms with Crippen LogP contribution in [0.5, 0.6) is 0 Å². The summed E-state index contributed by atoms with van der Waals surface area (Å²) in [5.74, 6) is 0.454. The number of nitriles is 1. The molecule has 1 aliphatic rings. The van der Waals surface area contributed by atoms with Gasteiger partial charge in [-0.15, -0.1) is 5.10 Å². The Morgan fingerprint density at radius 2 is 2.00 bits per heavy atom. The normalized spacial score (nSPS) is 14.9. The van der Waals surface area contributed by atoms with Gasteiger partial charge in [-0.2, -0.15) is 5.26 Å². The molecule has 0 amide bonds. The summed E-state index contributed by atoms with van der Waals surface area (Å²) in [5.41, 5.74) is 3.68. The zero-order chi connectivity index (χ0) is 31.2. The molecule has 0 saturated heterocycles. The van der Waals surface area contributed by atoms with Crippen molar-refractivity contribution in [3.05, 3.63) is 82.6 Å². The fourth-order valence-electron chi connectivity index (χ4n) is 5.33. The van der Waals surface area contributed by atoms with Crippen LogP contribution in [0.2, 0.25) is 5.02 Å². The van der Waals surface area contributed by atoms with Crippen LogP contribution in [0.15, 0.2) is 59.6 Å². The van der Waals surface area contributed by atoms with E-state index < -0.39 is 18.0 Å². The number of aromatic nitrogens is 5. The van der Waals surface area contributed by atoms with E-state index in [1.165, 1.54) is 17.1 Å². The van der Waals surface area contributed by atoms with Crippen LogP contribution >= 0.6 is 11.6 Å². The van der Waals surface area contributed by atoms with Crippen molar-refractivity contribution < 1.29 is 13.2 Å². The molecule has 0 aliphatic heterocycles. The van der Waals surface area contributed by atoms with Gasteiger partial charge < -0.3 is 15.1 Å². The number of alkyl halides is 2. The summed E-state index contributed by atoms with van der Waals surface area (Å²) in [7, 11) is 0. The lowest BCUT2D eigenvalue weighted by Gasteiger charge is -2.24. The lowest BCUT2D eigenvalue weighted by atomic mass is 9.94. The number of anilines is 2. The highest BCUT2D eigenvalue weighted by atomic mass is 35.5. The van der Waals surface area contributed by atoms with Crippen LogP contribution in [0.4, 0.5) is 20.2 Å². The molecule has 1 fully saturated rings. The van der Waals surface area contributed by atoms with Crippen LogP contribution in [-0.4, -0.2) is 37.9 Å². The van der Waals surface area contributed by atoms with Gasteiger partial charge in [0.15, 0.2) is 0 Å². The van der Waals surface area contributed by atoms with Gasteiger partial charge in [-0.3, -0.25) is 4.98 Å². The van der Waals surface area contributed by atoms with Crippen LogP contribution in [0.25, 0.3) is 22.4 Å². The highest BCUT2D eigenvalue weighted by Gasteiger charge is 2.54. The molecule has 1 aliphatic carbocycles. The van der Waals surface area contributed by atoms with Crippen molar-refractivity contribution in [2.24, 2.45) is 5.41 Å². The number of nitrogens with zero attached hydrogens (tertiary/aromatic N) is 6. The van der Waals surface area contributed by atoms with Crippen LogP contribution in [0.3, 0.4) is 0 Å². The second-order valence-electron chi connectivity index (χ2n) is 12.3. The largest absolute Gasteiger partial charge is 0.445 e. The van der Waals surface area contributed by atoms with Crippen molar-refractivity contribution >= 4 is 33.9 Å². The van der Waals surface area contributed by atoms with Gasteiger partial charge in [-0.05, 0) is 54.5 Å². The maximum absolute atomic E-state index is 14.0. The number of nitrogens with one attached hydrogen (secondary N) is 2. The maximum Gasteiger partial charge on any atom is 0.263 e. The molecule has 6 rings (SSSR count). The summed E-state index contributed by atoms with van der Waals surface area (Å²) in [5, 5.41) is 26.5. The van der Waals surface area contributed by atoms with Gasteiger partial charge in [0, 0.05) is 28.7 Å². The van der Waals surface area contributed by atoms with Gasteiger partial charge in [-0.25, -0.2) is 18.4 Å². The summed E-state index contributed by atoms with van der Waals surface area (Å²) < 4.78 is 34.9. The van der Waals surface area contributed by atoms with Crippen molar-refractivity contribution in [3.8, 4) is 17.5 Å². The average Bonchev–Trinajstić information content (AvgIpc) is 3.35. The summed E-state index contributed by atoms with van der Waals surface area (Å²) in [6, 6.07) is 10.8. The predicted molar refractivity (Wildman–Crippen MR) is 165 cm³/mol. The minimum Gasteiger partial charge on any atom is -0.445 e. The molecule has 2 N–H and O–H groups in total. The Kier molecular flexibility index (Phi) is 7.49. The zero-order valence-electron chi connectivity index (χ0n) is 24.7. The summed E-state index contributed by atoms with van der Waals surface area (Å²) in [4.78, 5) is 8.97. The number of pyridine rings is 1. The van der Waals surface area contributed by atoms with E-state index >= 15 is 0 Å². The molecular formula is C32H31ClF2N8O. The number of halogens is 3. The number of fused-ring (bicyclic) bond motifs is 1. The molecular weight excluding hydrogens is 586 g/mol. The first-order valence-corrected chi connectivity index (χ1v) is 14.6. The molecule has 0 bridgehead atoms. The Labute approximate surface area is 258 Å². The number of rotatable bonds is 9. The smallest absolute Gasteiger partial charge is 0.263 e. The molecule has 0 unspecified atom stereocenters. The third-order valence-corrected chi connectivity index (χ3v) is 8.15. The minimum atomic E-state index is -2.56. The maximum atomic E-state index is 14.0. The monoisotopic (exact) mass is 616 g/mol. The van der Waals surface area contributed by atoms with Crippen LogP contribution < -0.4 is 10.6 Å². The third-order valence-electron chi connectivity index (χ3n) is 7.93. The number of benzene rings is 2. The second kappa shape index (κ2) is 11.2. The van der Waals surface area contributed by atoms with Gasteiger partial charge in [0.1, 0.15) is 23.6 Å². The highest BCUT2D eigenvalue weighted by Crippen LogP contribution is 2.48. The Morgan fingerprint density at radius 1 is 1.20 bits per heavy atom. The summed E-state index contributed by atoms with van der Waals surface area (Å²) in [6.45, 7) is 8.85. The molecule has 5 aromatic rings. The number of hydrogen-bond donors (Lipinski definition) is 2. The van der Waals surface area contributed by atoms with Crippen molar-refractivity contribution in [2.45, 2.75) is 58.5 Å². The fourth-order valence-corrected chi connectivity index (χ4v) is 5.55. The molecule has 44 heavy (non-hydrogen) atoms. The lowest BCUT2D eigenvalue weighted by Crippen LogP contribution is -2.26. The van der Waals surface area contributed by atoms with Crippen molar-refractivity contribution in [2.75, 3.05) is 17.2 Å². The van der Waals surface area contributed by atoms with Gasteiger partial charge in [0.05, 0.1) is 40.9 Å². The quantitative estimate of drug-likeness (QED) is 0.173. The fraction of sp³-hybridized carbons (Fsp3) is 0.344. The van der Waals surface area contributed by atoms with E-state index in [4.69, 9.17) is 16.0 Å². The Morgan fingerprint density at radius 3 is 2.66 bits per heavy atom. The van der Waals surface area contributed by atoms with Gasteiger partial charge in [0.2, 0.25) is 5.89 Å². The Bertz CT molecular complexity index is 1870. The molecule has 226 valence electrons. The van der Waals surface area contributed by atoms with Gasteiger partial charge >= 0.3 is 0 Å². The Hall–Kier alpha value is -4.56. The highest BCUT2D eigenvalue weighted by molar-refractivity contribution is 6.32. The summed E-state index contributed by atoms with van der Waals surface area (Å²) in [6.07, 6.45) is 4.30. The minimum absolute atomic E-state index is 0.0541. The number of oxazole rings is 1. The molecule has 3 heterocycles. The Balaban J connectivity index is 1.50. The molecule has 1 saturated carbocycles. The topological polar surface area (TPSA) is 117 Å². The lowest BCUT2D eigenvalue weighted by molar-refractivity contribution is 0.0593. The first kappa shape index (κ1) is 29.5. The predicted octanol–water partition coefficient (Wildman–Crippen LogP) is 7.73. The van der Waals surface area contributed by atoms with Crippen molar-refractivity contribution in [1.29, 1.82) is 5.26 Å². The van der Waals surface area contributed by atoms with Crippen molar-refractivity contribution in [1.82, 2.24) is 25.0 Å². The molecule has 1 atom stereocenters. The SMILES string of the molecule is Cc1c(-c2ncco2)cccc1[C@H](Nc1cc(Cl)cc2c(NCC(C)(C)C)c(C#N)cnc12)c1cn(C2(C(F)F)CC2)nn1. The first-order chi connectivity index (χ1) is 21.0. The number of hydrogen-bond acceptors (Lipinski definition) is 8. The standard InChI is InChI=1S/C32H31ClF2N8O/c1-18-21(6-5-7-22(18)29-37-10-11-44-29)28(25-16-43(42-41-25)32(8-9-32)30(34)35)40-24-13-20(33)12-23-26(39-17-31(2,3)4)19(14-36)15-38-27(23)24/h5-7,10-13,15-16,28,30,40H,8-9,17H2,1-4H3,(H,38,39)/t28-/m0/s1. The average molecular weight is 617 g/mol. The van der Waals surface area contributed by atoms with E-state index in [1.807, 2.05) is 25.1 Å². The van der Waals surface area contributed by atoms with Gasteiger partial charge in [-0.1, -0.05) is 49.7 Å². The van der Waals surface area contributed by atoms with Crippen LogP contribution in [-0.2, 0) is 5.54 Å². The van der Waals surface area contributed by atoms with E-state index in [0.29, 0.717) is 63.8 Å². The molecule has 0 spiro atoms. The zero-order valence-corrected chi connectivity index (χ0v) is 25.5. The van der Waals surface area contributed by atoms with E-state index in [2.05, 4.69) is 57.8 Å². The van der Waals surface area contributed by atoms with E-state index in [-0.39, 0.29) is 5.41 Å². The molecule has 0 radical (unpaired) electrons. The molecule has 3 aromatic heterocycles. The summed E-state index contributed by atoms with van der Waals surface area (Å²) >= 11 is 6.67. The molecule has 2 aromatic carbocycles.